The zero-order valence-electron chi connectivity index (χ0n) is 8.15. The molecule has 3 rings (SSSR count). The molecule has 2 bridgehead atoms. The number of hydrogen-bond donors (Lipinski definition) is 0. The summed E-state index contributed by atoms with van der Waals surface area (Å²) < 4.78 is 0. The number of rotatable bonds is 1. The molecule has 2 fully saturated rings. The van der Waals surface area contributed by atoms with Gasteiger partial charge in [-0.05, 0) is 30.2 Å². The second-order valence-electron chi connectivity index (χ2n) is 4.55. The van der Waals surface area contributed by atoms with Gasteiger partial charge < -0.3 is 0 Å². The van der Waals surface area contributed by atoms with E-state index in [0.717, 1.165) is 12.8 Å². The van der Waals surface area contributed by atoms with Crippen LogP contribution in [-0.4, -0.2) is 5.78 Å². The summed E-state index contributed by atoms with van der Waals surface area (Å²) in [5.41, 5.74) is 1.38. The van der Waals surface area contributed by atoms with Crippen LogP contribution in [0.4, 0.5) is 0 Å². The molecule has 2 aliphatic rings. The quantitative estimate of drug-likeness (QED) is 0.659. The van der Waals surface area contributed by atoms with Crippen LogP contribution in [0.3, 0.4) is 0 Å². The Labute approximate surface area is 84.1 Å². The molecule has 0 radical (unpaired) electrons. The third kappa shape index (κ3) is 1.05. The summed E-state index contributed by atoms with van der Waals surface area (Å²) in [5, 5.41) is 0. The minimum absolute atomic E-state index is 0.349. The van der Waals surface area contributed by atoms with Crippen LogP contribution in [0.25, 0.3) is 0 Å². The lowest BCUT2D eigenvalue weighted by molar-refractivity contribution is -0.121. The highest BCUT2D eigenvalue weighted by Crippen LogP contribution is 2.52. The fraction of sp³-hybridized carbons (Fsp3) is 0.462. The Hall–Kier alpha value is -1.11. The fourth-order valence-corrected chi connectivity index (χ4v) is 3.26. The molecule has 1 aromatic rings. The van der Waals surface area contributed by atoms with E-state index in [1.54, 1.807) is 0 Å². The monoisotopic (exact) mass is 186 g/mol. The Morgan fingerprint density at radius 3 is 2.43 bits per heavy atom. The predicted octanol–water partition coefficient (Wildman–Crippen LogP) is 2.77. The minimum atomic E-state index is 0.349. The standard InChI is InChI=1S/C13H14O/c14-12-8-10-6-7-11(12)13(10)9-4-2-1-3-5-9/h1-5,10-11,13H,6-8H2. The van der Waals surface area contributed by atoms with E-state index < -0.39 is 0 Å². The third-order valence-corrected chi connectivity index (χ3v) is 3.85. The van der Waals surface area contributed by atoms with Crippen molar-refractivity contribution in [3.8, 4) is 0 Å². The van der Waals surface area contributed by atoms with Crippen molar-refractivity contribution in [2.75, 3.05) is 0 Å². The molecule has 2 saturated carbocycles. The Balaban J connectivity index is 1.98. The zero-order valence-corrected chi connectivity index (χ0v) is 8.15. The first-order valence-electron chi connectivity index (χ1n) is 5.44. The molecule has 0 saturated heterocycles. The Morgan fingerprint density at radius 2 is 1.86 bits per heavy atom. The van der Waals surface area contributed by atoms with Crippen molar-refractivity contribution in [3.63, 3.8) is 0 Å². The van der Waals surface area contributed by atoms with E-state index in [1.165, 1.54) is 12.0 Å². The molecule has 1 nitrogen and oxygen atoms in total. The SMILES string of the molecule is O=C1CC2CCC1C2c1ccccc1. The van der Waals surface area contributed by atoms with Gasteiger partial charge in [0.2, 0.25) is 0 Å². The van der Waals surface area contributed by atoms with E-state index in [2.05, 4.69) is 24.3 Å². The van der Waals surface area contributed by atoms with Crippen LogP contribution in [0.5, 0.6) is 0 Å². The minimum Gasteiger partial charge on any atom is -0.299 e. The molecule has 0 spiro atoms. The molecular weight excluding hydrogens is 172 g/mol. The van der Waals surface area contributed by atoms with Crippen LogP contribution in [0.15, 0.2) is 30.3 Å². The van der Waals surface area contributed by atoms with Gasteiger partial charge in [0.15, 0.2) is 0 Å². The van der Waals surface area contributed by atoms with E-state index in [0.29, 0.717) is 23.5 Å². The van der Waals surface area contributed by atoms with Crippen LogP contribution in [0.1, 0.15) is 30.7 Å². The second kappa shape index (κ2) is 2.94. The average Bonchev–Trinajstić information content (AvgIpc) is 2.75. The molecule has 2 aliphatic carbocycles. The van der Waals surface area contributed by atoms with Crippen molar-refractivity contribution in [2.24, 2.45) is 11.8 Å². The van der Waals surface area contributed by atoms with Crippen LogP contribution >= 0.6 is 0 Å². The summed E-state index contributed by atoms with van der Waals surface area (Å²) in [6, 6.07) is 10.6. The predicted molar refractivity (Wildman–Crippen MR) is 55.0 cm³/mol. The number of benzene rings is 1. The summed E-state index contributed by atoms with van der Waals surface area (Å²) in [4.78, 5) is 11.6. The van der Waals surface area contributed by atoms with Crippen LogP contribution in [0, 0.1) is 11.8 Å². The lowest BCUT2D eigenvalue weighted by Crippen LogP contribution is -2.10. The maximum absolute atomic E-state index is 11.6. The summed E-state index contributed by atoms with van der Waals surface area (Å²) in [6.07, 6.45) is 3.23. The van der Waals surface area contributed by atoms with E-state index in [4.69, 9.17) is 0 Å². The molecule has 0 heterocycles. The van der Waals surface area contributed by atoms with Gasteiger partial charge in [-0.2, -0.15) is 0 Å². The summed E-state index contributed by atoms with van der Waals surface area (Å²) in [5.74, 6) is 2.05. The third-order valence-electron chi connectivity index (χ3n) is 3.85. The van der Waals surface area contributed by atoms with E-state index in [1.807, 2.05) is 6.07 Å². The highest BCUT2D eigenvalue weighted by Gasteiger charge is 2.47. The van der Waals surface area contributed by atoms with Gasteiger partial charge in [0.25, 0.3) is 0 Å². The maximum Gasteiger partial charge on any atom is 0.136 e. The number of carbonyl (C=O) groups excluding carboxylic acids is 1. The molecule has 0 aromatic heterocycles. The summed E-state index contributed by atoms with van der Waals surface area (Å²) in [7, 11) is 0. The smallest absolute Gasteiger partial charge is 0.136 e. The van der Waals surface area contributed by atoms with Gasteiger partial charge in [0, 0.05) is 12.3 Å². The highest BCUT2D eigenvalue weighted by molar-refractivity contribution is 5.86. The number of Topliss-reactive ketones (excluding diaryl/α,β-unsaturated/α-hetero) is 1. The Morgan fingerprint density at radius 1 is 1.07 bits per heavy atom. The van der Waals surface area contributed by atoms with Crippen molar-refractivity contribution in [3.05, 3.63) is 35.9 Å². The topological polar surface area (TPSA) is 17.1 Å². The van der Waals surface area contributed by atoms with Crippen molar-refractivity contribution in [2.45, 2.75) is 25.2 Å². The molecular formula is C13H14O. The molecule has 0 aliphatic heterocycles. The summed E-state index contributed by atoms with van der Waals surface area (Å²) in [6.45, 7) is 0. The number of carbonyl (C=O) groups is 1. The Kier molecular flexibility index (Phi) is 1.73. The molecule has 72 valence electrons. The van der Waals surface area contributed by atoms with Crippen molar-refractivity contribution < 1.29 is 4.79 Å². The van der Waals surface area contributed by atoms with E-state index >= 15 is 0 Å². The number of fused-ring (bicyclic) bond motifs is 2. The van der Waals surface area contributed by atoms with Crippen molar-refractivity contribution >= 4 is 5.78 Å². The van der Waals surface area contributed by atoms with Crippen LogP contribution < -0.4 is 0 Å². The molecule has 0 N–H and O–H groups in total. The molecule has 14 heavy (non-hydrogen) atoms. The van der Waals surface area contributed by atoms with Gasteiger partial charge in [-0.3, -0.25) is 4.79 Å². The average molecular weight is 186 g/mol. The van der Waals surface area contributed by atoms with Crippen molar-refractivity contribution in [1.29, 1.82) is 0 Å². The Bertz CT molecular complexity index is 355. The lowest BCUT2D eigenvalue weighted by Gasteiger charge is -2.14. The van der Waals surface area contributed by atoms with Gasteiger partial charge in [-0.1, -0.05) is 30.3 Å². The maximum atomic E-state index is 11.6. The number of hydrogen-bond acceptors (Lipinski definition) is 1. The molecule has 3 unspecified atom stereocenters. The first-order valence-corrected chi connectivity index (χ1v) is 5.44. The molecule has 3 atom stereocenters. The molecule has 1 heteroatoms. The van der Waals surface area contributed by atoms with Gasteiger partial charge in [-0.25, -0.2) is 0 Å². The second-order valence-corrected chi connectivity index (χ2v) is 4.55. The highest BCUT2D eigenvalue weighted by atomic mass is 16.1. The largest absolute Gasteiger partial charge is 0.299 e. The van der Waals surface area contributed by atoms with Crippen molar-refractivity contribution in [1.82, 2.24) is 0 Å². The molecule has 1 aromatic carbocycles. The van der Waals surface area contributed by atoms with E-state index in [9.17, 15) is 4.79 Å². The van der Waals surface area contributed by atoms with Crippen LogP contribution in [-0.2, 0) is 4.79 Å². The van der Waals surface area contributed by atoms with Gasteiger partial charge in [0.1, 0.15) is 5.78 Å². The zero-order chi connectivity index (χ0) is 9.54. The summed E-state index contributed by atoms with van der Waals surface area (Å²) >= 11 is 0. The molecule has 0 amide bonds. The van der Waals surface area contributed by atoms with Crippen LogP contribution in [0.2, 0.25) is 0 Å². The van der Waals surface area contributed by atoms with Gasteiger partial charge in [0.05, 0.1) is 0 Å². The van der Waals surface area contributed by atoms with Gasteiger partial charge in [-0.15, -0.1) is 0 Å². The first-order chi connectivity index (χ1) is 6.86. The van der Waals surface area contributed by atoms with Gasteiger partial charge >= 0.3 is 0 Å². The number of ketones is 1. The normalized spacial score (nSPS) is 35.1. The fourth-order valence-electron chi connectivity index (χ4n) is 3.26. The lowest BCUT2D eigenvalue weighted by atomic mass is 9.89. The van der Waals surface area contributed by atoms with E-state index in [-0.39, 0.29) is 0 Å². The first kappa shape index (κ1) is 8.22.